The minimum absolute atomic E-state index is 0.0586. The SMILES string of the molecule is CCOc1cc(C)c(C(C)C)cc1S(=O)(=O)NC1CCCC1. The van der Waals surface area contributed by atoms with Crippen molar-refractivity contribution in [1.29, 1.82) is 0 Å². The smallest absolute Gasteiger partial charge is 0.244 e. The zero-order valence-corrected chi connectivity index (χ0v) is 14.8. The number of nitrogens with one attached hydrogen (secondary N) is 1. The molecule has 0 atom stereocenters. The quantitative estimate of drug-likeness (QED) is 0.867. The van der Waals surface area contributed by atoms with Gasteiger partial charge in [-0.3, -0.25) is 0 Å². The van der Waals surface area contributed by atoms with Crippen LogP contribution >= 0.6 is 0 Å². The van der Waals surface area contributed by atoms with Crippen LogP contribution < -0.4 is 9.46 Å². The summed E-state index contributed by atoms with van der Waals surface area (Å²) in [4.78, 5) is 0.274. The highest BCUT2D eigenvalue weighted by Crippen LogP contribution is 2.32. The zero-order chi connectivity index (χ0) is 16.3. The van der Waals surface area contributed by atoms with Crippen molar-refractivity contribution in [3.8, 4) is 5.75 Å². The molecule has 0 aliphatic heterocycles. The highest BCUT2D eigenvalue weighted by atomic mass is 32.2. The van der Waals surface area contributed by atoms with Gasteiger partial charge >= 0.3 is 0 Å². The van der Waals surface area contributed by atoms with Gasteiger partial charge in [0.15, 0.2) is 0 Å². The van der Waals surface area contributed by atoms with E-state index in [0.717, 1.165) is 36.8 Å². The van der Waals surface area contributed by atoms with Gasteiger partial charge < -0.3 is 4.74 Å². The predicted molar refractivity (Wildman–Crippen MR) is 89.0 cm³/mol. The van der Waals surface area contributed by atoms with Gasteiger partial charge in [-0.2, -0.15) is 0 Å². The number of sulfonamides is 1. The van der Waals surface area contributed by atoms with Crippen LogP contribution in [0, 0.1) is 6.92 Å². The lowest BCUT2D eigenvalue weighted by Crippen LogP contribution is -2.33. The van der Waals surface area contributed by atoms with Crippen LogP contribution in [0.4, 0.5) is 0 Å². The van der Waals surface area contributed by atoms with Gasteiger partial charge in [-0.25, -0.2) is 13.1 Å². The van der Waals surface area contributed by atoms with Gasteiger partial charge in [0, 0.05) is 6.04 Å². The van der Waals surface area contributed by atoms with Gasteiger partial charge in [-0.1, -0.05) is 26.7 Å². The Morgan fingerprint density at radius 3 is 2.45 bits per heavy atom. The highest BCUT2D eigenvalue weighted by molar-refractivity contribution is 7.89. The van der Waals surface area contributed by atoms with E-state index < -0.39 is 10.0 Å². The molecule has 4 nitrogen and oxygen atoms in total. The second-order valence-electron chi connectivity index (χ2n) is 6.35. The molecule has 22 heavy (non-hydrogen) atoms. The number of hydrogen-bond acceptors (Lipinski definition) is 3. The van der Waals surface area contributed by atoms with Crippen molar-refractivity contribution in [3.63, 3.8) is 0 Å². The number of hydrogen-bond donors (Lipinski definition) is 1. The first-order valence-corrected chi connectivity index (χ1v) is 9.63. The number of aryl methyl sites for hydroxylation is 1. The third-order valence-corrected chi connectivity index (χ3v) is 5.76. The van der Waals surface area contributed by atoms with Crippen molar-refractivity contribution in [3.05, 3.63) is 23.3 Å². The van der Waals surface area contributed by atoms with Crippen molar-refractivity contribution in [2.45, 2.75) is 70.2 Å². The Morgan fingerprint density at radius 2 is 1.91 bits per heavy atom. The molecule has 0 amide bonds. The van der Waals surface area contributed by atoms with Crippen molar-refractivity contribution >= 4 is 10.0 Å². The third kappa shape index (κ3) is 3.82. The van der Waals surface area contributed by atoms with E-state index in [1.165, 1.54) is 0 Å². The molecule has 0 unspecified atom stereocenters. The van der Waals surface area contributed by atoms with Gasteiger partial charge in [0.1, 0.15) is 10.6 Å². The zero-order valence-electron chi connectivity index (χ0n) is 14.0. The van der Waals surface area contributed by atoms with E-state index in [0.29, 0.717) is 12.4 Å². The van der Waals surface area contributed by atoms with Crippen LogP contribution in [0.25, 0.3) is 0 Å². The van der Waals surface area contributed by atoms with Gasteiger partial charge in [-0.15, -0.1) is 0 Å². The third-order valence-electron chi connectivity index (χ3n) is 4.22. The normalized spacial score (nSPS) is 16.4. The molecular formula is C17H27NO3S. The van der Waals surface area contributed by atoms with Crippen LogP contribution in [-0.2, 0) is 10.0 Å². The molecule has 1 aliphatic rings. The molecule has 124 valence electrons. The molecule has 1 aromatic carbocycles. The Kier molecular flexibility index (Phi) is 5.50. The van der Waals surface area contributed by atoms with E-state index in [4.69, 9.17) is 4.74 Å². The average Bonchev–Trinajstić information content (AvgIpc) is 2.90. The maximum Gasteiger partial charge on any atom is 0.244 e. The second-order valence-corrected chi connectivity index (χ2v) is 8.03. The van der Waals surface area contributed by atoms with Crippen LogP contribution in [0.5, 0.6) is 5.75 Å². The van der Waals surface area contributed by atoms with E-state index in [1.54, 1.807) is 6.07 Å². The second kappa shape index (κ2) is 7.01. The fraction of sp³-hybridized carbons (Fsp3) is 0.647. The first kappa shape index (κ1) is 17.3. The highest BCUT2D eigenvalue weighted by Gasteiger charge is 2.27. The lowest BCUT2D eigenvalue weighted by Gasteiger charge is -2.19. The fourth-order valence-corrected chi connectivity index (χ4v) is 4.57. The molecule has 1 aliphatic carbocycles. The maximum atomic E-state index is 12.8. The Morgan fingerprint density at radius 1 is 1.27 bits per heavy atom. The maximum absolute atomic E-state index is 12.8. The summed E-state index contributed by atoms with van der Waals surface area (Å²) >= 11 is 0. The number of benzene rings is 1. The van der Waals surface area contributed by atoms with Crippen molar-refractivity contribution in [2.75, 3.05) is 6.61 Å². The monoisotopic (exact) mass is 325 g/mol. The molecule has 1 saturated carbocycles. The summed E-state index contributed by atoms with van der Waals surface area (Å²) in [5, 5.41) is 0. The van der Waals surface area contributed by atoms with Crippen LogP contribution in [0.15, 0.2) is 17.0 Å². The molecule has 0 bridgehead atoms. The molecule has 0 aromatic heterocycles. The molecule has 0 saturated heterocycles. The Labute approximate surface area is 134 Å². The Hall–Kier alpha value is -1.07. The molecular weight excluding hydrogens is 298 g/mol. The molecule has 0 radical (unpaired) electrons. The number of ether oxygens (including phenoxy) is 1. The minimum Gasteiger partial charge on any atom is -0.492 e. The standard InChI is InChI=1S/C17H27NO3S/c1-5-21-16-10-13(4)15(12(2)3)11-17(16)22(19,20)18-14-8-6-7-9-14/h10-12,14,18H,5-9H2,1-4H3. The Balaban J connectivity index is 2.43. The largest absolute Gasteiger partial charge is 0.492 e. The van der Waals surface area contributed by atoms with E-state index in [9.17, 15) is 8.42 Å². The minimum atomic E-state index is -3.54. The summed E-state index contributed by atoms with van der Waals surface area (Å²) in [6.07, 6.45) is 4.03. The van der Waals surface area contributed by atoms with Gasteiger partial charge in [0.25, 0.3) is 0 Å². The first-order valence-electron chi connectivity index (χ1n) is 8.14. The van der Waals surface area contributed by atoms with E-state index in [1.807, 2.05) is 19.9 Å². The summed E-state index contributed by atoms with van der Waals surface area (Å²) in [5.74, 6) is 0.728. The van der Waals surface area contributed by atoms with Gasteiger partial charge in [0.05, 0.1) is 6.61 Å². The lowest BCUT2D eigenvalue weighted by molar-refractivity contribution is 0.330. The van der Waals surface area contributed by atoms with E-state index in [-0.39, 0.29) is 16.9 Å². The molecule has 1 N–H and O–H groups in total. The van der Waals surface area contributed by atoms with Gasteiger partial charge in [0.2, 0.25) is 10.0 Å². The fourth-order valence-electron chi connectivity index (χ4n) is 3.10. The molecule has 2 rings (SSSR count). The van der Waals surface area contributed by atoms with E-state index in [2.05, 4.69) is 18.6 Å². The summed E-state index contributed by atoms with van der Waals surface area (Å²) < 4.78 is 34.0. The van der Waals surface area contributed by atoms with Crippen molar-refractivity contribution < 1.29 is 13.2 Å². The summed E-state index contributed by atoms with van der Waals surface area (Å²) in [6.45, 7) is 8.46. The molecule has 1 aromatic rings. The topological polar surface area (TPSA) is 55.4 Å². The summed E-state index contributed by atoms with van der Waals surface area (Å²) in [6, 6.07) is 3.69. The molecule has 1 fully saturated rings. The van der Waals surface area contributed by atoms with Crippen LogP contribution in [0.3, 0.4) is 0 Å². The molecule has 0 spiro atoms. The van der Waals surface area contributed by atoms with E-state index >= 15 is 0 Å². The lowest BCUT2D eigenvalue weighted by atomic mass is 9.98. The summed E-state index contributed by atoms with van der Waals surface area (Å²) in [5.41, 5.74) is 2.12. The Bertz CT molecular complexity index is 617. The first-order chi connectivity index (χ1) is 10.3. The van der Waals surface area contributed by atoms with Crippen LogP contribution in [-0.4, -0.2) is 21.1 Å². The molecule has 5 heteroatoms. The van der Waals surface area contributed by atoms with Crippen molar-refractivity contribution in [2.24, 2.45) is 0 Å². The number of rotatable bonds is 6. The van der Waals surface area contributed by atoms with Gasteiger partial charge in [-0.05, 0) is 55.9 Å². The average molecular weight is 325 g/mol. The van der Waals surface area contributed by atoms with Crippen LogP contribution in [0.2, 0.25) is 0 Å². The summed E-state index contributed by atoms with van der Waals surface area (Å²) in [7, 11) is -3.54. The van der Waals surface area contributed by atoms with Crippen molar-refractivity contribution in [1.82, 2.24) is 4.72 Å². The van der Waals surface area contributed by atoms with Crippen LogP contribution in [0.1, 0.15) is 63.5 Å². The predicted octanol–water partition coefficient (Wildman–Crippen LogP) is 3.74. The molecule has 0 heterocycles.